The number of ether oxygens (including phenoxy) is 1. The number of hydrogen-bond acceptors (Lipinski definition) is 4. The topological polar surface area (TPSA) is 54.5 Å². The Kier molecular flexibility index (Phi) is 5.44. The lowest BCUT2D eigenvalue weighted by atomic mass is 10.4. The second-order valence-electron chi connectivity index (χ2n) is 3.84. The summed E-state index contributed by atoms with van der Waals surface area (Å²) in [6, 6.07) is 3.13. The van der Waals surface area contributed by atoms with Crippen LogP contribution in [0.4, 0.5) is 14.5 Å². The summed E-state index contributed by atoms with van der Waals surface area (Å²) in [7, 11) is 3.49. The summed E-state index contributed by atoms with van der Waals surface area (Å²) in [6.45, 7) is -0.573. The summed E-state index contributed by atoms with van der Waals surface area (Å²) in [4.78, 5) is 17.0. The zero-order valence-corrected chi connectivity index (χ0v) is 10.2. The zero-order valence-electron chi connectivity index (χ0n) is 10.2. The highest BCUT2D eigenvalue weighted by Gasteiger charge is 2.11. The number of carbonyl (C=O) groups is 1. The molecule has 0 aliphatic rings. The molecular weight excluding hydrogens is 244 g/mol. The Morgan fingerprint density at radius 2 is 2.28 bits per heavy atom. The Balaban J connectivity index is 2.66. The van der Waals surface area contributed by atoms with Gasteiger partial charge in [-0.2, -0.15) is 0 Å². The average Bonchev–Trinajstić information content (AvgIpc) is 2.26. The van der Waals surface area contributed by atoms with Crippen molar-refractivity contribution in [2.75, 3.05) is 32.6 Å². The smallest absolute Gasteiger partial charge is 0.272 e. The maximum absolute atomic E-state index is 12.0. The first kappa shape index (κ1) is 14.3. The van der Waals surface area contributed by atoms with E-state index in [-0.39, 0.29) is 24.0 Å². The van der Waals surface area contributed by atoms with E-state index in [2.05, 4.69) is 10.3 Å². The predicted molar refractivity (Wildman–Crippen MR) is 62.9 cm³/mol. The van der Waals surface area contributed by atoms with E-state index >= 15 is 0 Å². The molecule has 1 aromatic rings. The number of anilines is 1. The van der Waals surface area contributed by atoms with E-state index in [0.717, 1.165) is 0 Å². The molecule has 0 fully saturated rings. The minimum atomic E-state index is -2.59. The predicted octanol–water partition coefficient (Wildman–Crippen LogP) is 1.23. The minimum Gasteiger partial charge on any atom is -0.470 e. The Hall–Kier alpha value is -1.76. The average molecular weight is 259 g/mol. The van der Waals surface area contributed by atoms with Crippen molar-refractivity contribution in [1.82, 2.24) is 9.88 Å². The third-order valence-corrected chi connectivity index (χ3v) is 1.85. The molecule has 0 spiro atoms. The first-order valence-corrected chi connectivity index (χ1v) is 5.29. The first-order valence-electron chi connectivity index (χ1n) is 5.29. The van der Waals surface area contributed by atoms with E-state index in [0.29, 0.717) is 0 Å². The Labute approximate surface area is 104 Å². The number of halogens is 2. The fraction of sp³-hybridized carbons (Fsp3) is 0.455. The van der Waals surface area contributed by atoms with Gasteiger partial charge in [-0.05, 0) is 26.2 Å². The van der Waals surface area contributed by atoms with Gasteiger partial charge in [-0.1, -0.05) is 0 Å². The Morgan fingerprint density at radius 1 is 1.56 bits per heavy atom. The van der Waals surface area contributed by atoms with Gasteiger partial charge in [0.2, 0.25) is 11.8 Å². The number of amides is 1. The van der Waals surface area contributed by atoms with Crippen molar-refractivity contribution in [3.8, 4) is 5.88 Å². The van der Waals surface area contributed by atoms with Gasteiger partial charge >= 0.3 is 0 Å². The minimum absolute atomic E-state index is 0.00935. The van der Waals surface area contributed by atoms with E-state index in [1.165, 1.54) is 6.20 Å². The van der Waals surface area contributed by atoms with Crippen molar-refractivity contribution in [1.29, 1.82) is 0 Å². The lowest BCUT2D eigenvalue weighted by molar-refractivity contribution is -0.116. The molecule has 0 aliphatic heterocycles. The molecule has 0 aliphatic carbocycles. The summed E-state index contributed by atoms with van der Waals surface area (Å²) < 4.78 is 28.9. The van der Waals surface area contributed by atoms with Crippen LogP contribution in [0.5, 0.6) is 5.88 Å². The van der Waals surface area contributed by atoms with Crippen molar-refractivity contribution in [2.24, 2.45) is 0 Å². The van der Waals surface area contributed by atoms with E-state index in [1.807, 2.05) is 0 Å². The van der Waals surface area contributed by atoms with Crippen molar-refractivity contribution in [3.63, 3.8) is 0 Å². The van der Waals surface area contributed by atoms with E-state index in [1.54, 1.807) is 31.1 Å². The first-order chi connectivity index (χ1) is 8.49. The summed E-state index contributed by atoms with van der Waals surface area (Å²) in [5.41, 5.74) is 0.282. The van der Waals surface area contributed by atoms with E-state index in [4.69, 9.17) is 4.74 Å². The molecule has 5 nitrogen and oxygen atoms in total. The van der Waals surface area contributed by atoms with Gasteiger partial charge in [-0.25, -0.2) is 13.8 Å². The van der Waals surface area contributed by atoms with Crippen LogP contribution in [0.1, 0.15) is 0 Å². The van der Waals surface area contributed by atoms with Gasteiger partial charge in [-0.3, -0.25) is 4.79 Å². The summed E-state index contributed by atoms with van der Waals surface area (Å²) in [5, 5.41) is 2.55. The lowest BCUT2D eigenvalue weighted by Gasteiger charge is -2.12. The molecule has 1 rings (SSSR count). The van der Waals surface area contributed by atoms with Crippen molar-refractivity contribution in [3.05, 3.63) is 18.3 Å². The van der Waals surface area contributed by atoms with Gasteiger partial charge in [-0.15, -0.1) is 0 Å². The quantitative estimate of drug-likeness (QED) is 0.834. The molecule has 0 atom stereocenters. The summed E-state index contributed by atoms with van der Waals surface area (Å²) in [5.74, 6) is -0.278. The van der Waals surface area contributed by atoms with Crippen LogP contribution >= 0.6 is 0 Å². The second kappa shape index (κ2) is 6.85. The molecule has 100 valence electrons. The molecular formula is C11H15F2N3O2. The number of rotatable bonds is 6. The third-order valence-electron chi connectivity index (χ3n) is 1.85. The maximum Gasteiger partial charge on any atom is 0.272 e. The number of carbonyl (C=O) groups excluding carboxylic acids is 1. The van der Waals surface area contributed by atoms with Crippen molar-refractivity contribution in [2.45, 2.75) is 6.43 Å². The normalized spacial score (nSPS) is 10.8. The second-order valence-corrected chi connectivity index (χ2v) is 3.84. The highest BCUT2D eigenvalue weighted by molar-refractivity contribution is 5.93. The fourth-order valence-electron chi connectivity index (χ4n) is 1.22. The molecule has 18 heavy (non-hydrogen) atoms. The highest BCUT2D eigenvalue weighted by Crippen LogP contribution is 2.20. The SMILES string of the molecule is CN(C)CC(=O)Nc1cccnc1OCC(F)F. The molecule has 0 bridgehead atoms. The van der Waals surface area contributed by atoms with Crippen LogP contribution in [0.2, 0.25) is 0 Å². The number of likely N-dealkylation sites (N-methyl/N-ethyl adjacent to an activating group) is 1. The molecule has 0 saturated carbocycles. The monoisotopic (exact) mass is 259 g/mol. The van der Waals surface area contributed by atoms with Crippen LogP contribution in [0.15, 0.2) is 18.3 Å². The van der Waals surface area contributed by atoms with Gasteiger partial charge < -0.3 is 15.0 Å². The van der Waals surface area contributed by atoms with Crippen LogP contribution in [0.3, 0.4) is 0 Å². The van der Waals surface area contributed by atoms with Crippen LogP contribution in [-0.2, 0) is 4.79 Å². The largest absolute Gasteiger partial charge is 0.470 e. The van der Waals surface area contributed by atoms with Gasteiger partial charge in [0.1, 0.15) is 5.69 Å². The molecule has 0 radical (unpaired) electrons. The molecule has 0 unspecified atom stereocenters. The zero-order chi connectivity index (χ0) is 13.5. The van der Waals surface area contributed by atoms with E-state index in [9.17, 15) is 13.6 Å². The number of aromatic nitrogens is 1. The number of nitrogens with zero attached hydrogens (tertiary/aromatic N) is 2. The number of alkyl halides is 2. The molecule has 0 aromatic carbocycles. The fourth-order valence-corrected chi connectivity index (χ4v) is 1.22. The van der Waals surface area contributed by atoms with Crippen LogP contribution in [0, 0.1) is 0 Å². The molecule has 1 heterocycles. The van der Waals surface area contributed by atoms with Crippen LogP contribution in [-0.4, -0.2) is 49.5 Å². The van der Waals surface area contributed by atoms with Gasteiger partial charge in [0.15, 0.2) is 6.61 Å². The Morgan fingerprint density at radius 3 is 2.89 bits per heavy atom. The number of pyridine rings is 1. The van der Waals surface area contributed by atoms with Gasteiger partial charge in [0.05, 0.1) is 6.54 Å². The Bertz CT molecular complexity index is 400. The maximum atomic E-state index is 12.0. The van der Waals surface area contributed by atoms with Gasteiger partial charge in [0.25, 0.3) is 6.43 Å². The summed E-state index contributed by atoms with van der Waals surface area (Å²) in [6.07, 6.45) is -1.18. The lowest BCUT2D eigenvalue weighted by Crippen LogP contribution is -2.27. The number of hydrogen-bond donors (Lipinski definition) is 1. The third kappa shape index (κ3) is 5.05. The van der Waals surface area contributed by atoms with Gasteiger partial charge in [0, 0.05) is 6.20 Å². The molecule has 1 amide bonds. The summed E-state index contributed by atoms with van der Waals surface area (Å²) >= 11 is 0. The number of nitrogens with one attached hydrogen (secondary N) is 1. The van der Waals surface area contributed by atoms with Crippen LogP contribution < -0.4 is 10.1 Å². The van der Waals surface area contributed by atoms with E-state index < -0.39 is 13.0 Å². The molecule has 7 heteroatoms. The molecule has 1 N–H and O–H groups in total. The molecule has 0 saturated heterocycles. The highest BCUT2D eigenvalue weighted by atomic mass is 19.3. The molecule has 1 aromatic heterocycles. The van der Waals surface area contributed by atoms with Crippen molar-refractivity contribution >= 4 is 11.6 Å². The van der Waals surface area contributed by atoms with Crippen LogP contribution in [0.25, 0.3) is 0 Å². The standard InChI is InChI=1S/C11H15F2N3O2/c1-16(2)6-10(17)15-8-4-3-5-14-11(8)18-7-9(12)13/h3-5,9H,6-7H2,1-2H3,(H,15,17). The van der Waals surface area contributed by atoms with Crippen molar-refractivity contribution < 1.29 is 18.3 Å².